The maximum atomic E-state index is 6.67. The molecule has 1 aromatic rings. The molecule has 0 radical (unpaired) electrons. The Labute approximate surface area is 127 Å². The molecule has 5 nitrogen and oxygen atoms in total. The maximum absolute atomic E-state index is 6.67. The normalized spacial score (nSPS) is 27.6. The molecule has 0 amide bonds. The third-order valence-electron chi connectivity index (χ3n) is 4.78. The number of aromatic nitrogens is 2. The first kappa shape index (κ1) is 16.3. The van der Waals surface area contributed by atoms with Gasteiger partial charge in [-0.3, -0.25) is 4.68 Å². The van der Waals surface area contributed by atoms with E-state index in [-0.39, 0.29) is 11.6 Å². The summed E-state index contributed by atoms with van der Waals surface area (Å²) in [4.78, 5) is 0. The summed E-state index contributed by atoms with van der Waals surface area (Å²) in [5.74, 6) is 1.52. The molecule has 0 saturated heterocycles. The summed E-state index contributed by atoms with van der Waals surface area (Å²) >= 11 is 0. The molecule has 1 atom stereocenters. The zero-order valence-corrected chi connectivity index (χ0v) is 13.8. The second-order valence-corrected chi connectivity index (χ2v) is 6.07. The van der Waals surface area contributed by atoms with Crippen LogP contribution in [0.25, 0.3) is 0 Å². The average Bonchev–Trinajstić information content (AvgIpc) is 2.92. The van der Waals surface area contributed by atoms with Crippen LogP contribution < -0.4 is 10.5 Å². The number of aryl methyl sites for hydroxylation is 1. The number of nitrogens with two attached hydrogens (primary N) is 1. The zero-order valence-electron chi connectivity index (χ0n) is 13.8. The van der Waals surface area contributed by atoms with Gasteiger partial charge in [-0.1, -0.05) is 6.92 Å². The van der Waals surface area contributed by atoms with Crippen molar-refractivity contribution in [2.24, 2.45) is 11.7 Å². The molecule has 2 N–H and O–H groups in total. The van der Waals surface area contributed by atoms with Crippen molar-refractivity contribution >= 4 is 0 Å². The fourth-order valence-corrected chi connectivity index (χ4v) is 3.43. The summed E-state index contributed by atoms with van der Waals surface area (Å²) in [6, 6.07) is -0.206. The molecule has 1 aliphatic rings. The van der Waals surface area contributed by atoms with Crippen LogP contribution >= 0.6 is 0 Å². The molecule has 0 bridgehead atoms. The van der Waals surface area contributed by atoms with Gasteiger partial charge in [-0.25, -0.2) is 0 Å². The largest absolute Gasteiger partial charge is 0.493 e. The van der Waals surface area contributed by atoms with Crippen molar-refractivity contribution in [3.8, 4) is 5.75 Å². The van der Waals surface area contributed by atoms with Crippen molar-refractivity contribution < 1.29 is 9.47 Å². The Morgan fingerprint density at radius 3 is 2.62 bits per heavy atom. The predicted octanol–water partition coefficient (Wildman–Crippen LogP) is 2.90. The van der Waals surface area contributed by atoms with E-state index in [4.69, 9.17) is 15.2 Å². The Morgan fingerprint density at radius 2 is 2.10 bits per heavy atom. The lowest BCUT2D eigenvalue weighted by molar-refractivity contribution is -0.0914. The third kappa shape index (κ3) is 3.09. The lowest BCUT2D eigenvalue weighted by atomic mass is 9.74. The van der Waals surface area contributed by atoms with E-state index in [9.17, 15) is 0 Å². The Kier molecular flexibility index (Phi) is 5.27. The van der Waals surface area contributed by atoms with Crippen molar-refractivity contribution in [3.63, 3.8) is 0 Å². The lowest BCUT2D eigenvalue weighted by Gasteiger charge is -2.43. The number of methoxy groups -OCH3 is 1. The molecule has 0 aromatic carbocycles. The van der Waals surface area contributed by atoms with E-state index in [0.29, 0.717) is 6.61 Å². The molecule has 0 aliphatic heterocycles. The number of rotatable bonds is 6. The van der Waals surface area contributed by atoms with Crippen LogP contribution in [0.4, 0.5) is 0 Å². The molecule has 1 fully saturated rings. The monoisotopic (exact) mass is 295 g/mol. The number of hydrogen-bond donors (Lipinski definition) is 1. The lowest BCUT2D eigenvalue weighted by Crippen LogP contribution is -2.47. The van der Waals surface area contributed by atoms with Crippen LogP contribution in [0.1, 0.15) is 58.2 Å². The van der Waals surface area contributed by atoms with E-state index < -0.39 is 0 Å². The smallest absolute Gasteiger partial charge is 0.161 e. The van der Waals surface area contributed by atoms with Crippen LogP contribution in [0.2, 0.25) is 0 Å². The van der Waals surface area contributed by atoms with Gasteiger partial charge in [-0.2, -0.15) is 5.10 Å². The Balaban J connectivity index is 2.34. The minimum Gasteiger partial charge on any atom is -0.493 e. The highest BCUT2D eigenvalue weighted by atomic mass is 16.5. The van der Waals surface area contributed by atoms with Crippen molar-refractivity contribution in [2.75, 3.05) is 13.7 Å². The Morgan fingerprint density at radius 1 is 1.43 bits per heavy atom. The van der Waals surface area contributed by atoms with Gasteiger partial charge in [0.2, 0.25) is 0 Å². The minimum atomic E-state index is -0.290. The van der Waals surface area contributed by atoms with E-state index in [2.05, 4.69) is 18.9 Å². The summed E-state index contributed by atoms with van der Waals surface area (Å²) in [7, 11) is 1.67. The number of ether oxygens (including phenoxy) is 2. The van der Waals surface area contributed by atoms with Crippen molar-refractivity contribution in [3.05, 3.63) is 11.9 Å². The third-order valence-corrected chi connectivity index (χ3v) is 4.78. The summed E-state index contributed by atoms with van der Waals surface area (Å²) in [6.45, 7) is 7.88. The topological polar surface area (TPSA) is 62.3 Å². The van der Waals surface area contributed by atoms with Crippen molar-refractivity contribution in [2.45, 2.75) is 64.6 Å². The molecule has 5 heteroatoms. The van der Waals surface area contributed by atoms with Crippen LogP contribution in [-0.4, -0.2) is 29.1 Å². The first-order valence-electron chi connectivity index (χ1n) is 8.07. The van der Waals surface area contributed by atoms with E-state index in [1.165, 1.54) is 0 Å². The quantitative estimate of drug-likeness (QED) is 0.876. The maximum Gasteiger partial charge on any atom is 0.161 e. The SMILES string of the molecule is CCOC1(C(N)c2c(OC)cnn2CC)CCC(C)CC1. The molecular weight excluding hydrogens is 266 g/mol. The summed E-state index contributed by atoms with van der Waals surface area (Å²) in [5.41, 5.74) is 7.34. The number of nitrogens with zero attached hydrogens (tertiary/aromatic N) is 2. The zero-order chi connectivity index (χ0) is 15.5. The molecular formula is C16H29N3O2. The van der Waals surface area contributed by atoms with Gasteiger partial charge >= 0.3 is 0 Å². The second kappa shape index (κ2) is 6.79. The standard InChI is InChI=1S/C16H29N3O2/c1-5-19-14(13(20-4)11-18-19)15(17)16(21-6-2)9-7-12(3)8-10-16/h11-12,15H,5-10,17H2,1-4H3. The van der Waals surface area contributed by atoms with Crippen molar-refractivity contribution in [1.82, 2.24) is 9.78 Å². The van der Waals surface area contributed by atoms with E-state index in [1.807, 2.05) is 11.6 Å². The summed E-state index contributed by atoms with van der Waals surface area (Å²) < 4.78 is 13.6. The number of hydrogen-bond acceptors (Lipinski definition) is 4. The van der Waals surface area contributed by atoms with E-state index in [1.54, 1.807) is 13.3 Å². The molecule has 2 rings (SSSR count). The first-order valence-corrected chi connectivity index (χ1v) is 8.07. The van der Waals surface area contributed by atoms with Gasteiger partial charge in [-0.15, -0.1) is 0 Å². The van der Waals surface area contributed by atoms with Gasteiger partial charge < -0.3 is 15.2 Å². The Hall–Kier alpha value is -1.07. The molecule has 1 saturated carbocycles. The van der Waals surface area contributed by atoms with Crippen LogP contribution in [0.3, 0.4) is 0 Å². The molecule has 120 valence electrons. The van der Waals surface area contributed by atoms with Gasteiger partial charge in [0.25, 0.3) is 0 Å². The average molecular weight is 295 g/mol. The Bertz CT molecular complexity index is 429. The fourth-order valence-electron chi connectivity index (χ4n) is 3.43. The highest BCUT2D eigenvalue weighted by Gasteiger charge is 2.43. The highest BCUT2D eigenvalue weighted by Crippen LogP contribution is 2.44. The van der Waals surface area contributed by atoms with Crippen molar-refractivity contribution in [1.29, 1.82) is 0 Å². The van der Waals surface area contributed by atoms with Gasteiger partial charge in [0.15, 0.2) is 5.75 Å². The molecule has 1 unspecified atom stereocenters. The second-order valence-electron chi connectivity index (χ2n) is 6.07. The molecule has 21 heavy (non-hydrogen) atoms. The van der Waals surface area contributed by atoms with E-state index in [0.717, 1.165) is 49.6 Å². The first-order chi connectivity index (χ1) is 10.1. The van der Waals surface area contributed by atoms with E-state index >= 15 is 0 Å². The van der Waals surface area contributed by atoms with Gasteiger partial charge in [0.1, 0.15) is 0 Å². The molecule has 1 heterocycles. The van der Waals surface area contributed by atoms with Gasteiger partial charge in [0, 0.05) is 13.2 Å². The van der Waals surface area contributed by atoms with Crippen LogP contribution in [0, 0.1) is 5.92 Å². The van der Waals surface area contributed by atoms with Gasteiger partial charge in [-0.05, 0) is 45.4 Å². The molecule has 0 spiro atoms. The summed E-state index contributed by atoms with van der Waals surface area (Å²) in [6.07, 6.45) is 6.08. The fraction of sp³-hybridized carbons (Fsp3) is 0.812. The predicted molar refractivity (Wildman–Crippen MR) is 83.4 cm³/mol. The summed E-state index contributed by atoms with van der Waals surface area (Å²) in [5, 5.41) is 4.38. The molecule has 1 aromatic heterocycles. The molecule has 1 aliphatic carbocycles. The highest BCUT2D eigenvalue weighted by molar-refractivity contribution is 5.30. The minimum absolute atomic E-state index is 0.206. The van der Waals surface area contributed by atoms with Crippen LogP contribution in [0.5, 0.6) is 5.75 Å². The van der Waals surface area contributed by atoms with Crippen LogP contribution in [0.15, 0.2) is 6.20 Å². The van der Waals surface area contributed by atoms with Gasteiger partial charge in [0.05, 0.1) is 30.6 Å². The van der Waals surface area contributed by atoms with Crippen LogP contribution in [-0.2, 0) is 11.3 Å².